The Morgan fingerprint density at radius 3 is 2.24 bits per heavy atom. The summed E-state index contributed by atoms with van der Waals surface area (Å²) in [5.41, 5.74) is 4.66. The maximum Gasteiger partial charge on any atom is 0.354 e. The number of rotatable bonds is 4. The third-order valence-electron chi connectivity index (χ3n) is 4.44. The summed E-state index contributed by atoms with van der Waals surface area (Å²) in [4.78, 5) is 16.3. The molecule has 0 N–H and O–H groups in total. The molecule has 1 aromatic carbocycles. The monoisotopic (exact) mass is 338 g/mol. The minimum atomic E-state index is -0.385. The molecule has 0 bridgehead atoms. The number of hydrogen-bond acceptors (Lipinski definition) is 2. The molecule has 132 valence electrons. The number of esters is 1. The molecule has 0 unspecified atom stereocenters. The van der Waals surface area contributed by atoms with Crippen molar-refractivity contribution in [1.82, 2.24) is 4.57 Å². The lowest BCUT2D eigenvalue weighted by Crippen LogP contribution is -2.12. The summed E-state index contributed by atoms with van der Waals surface area (Å²) in [6, 6.07) is 8.12. The fraction of sp³-hybridized carbons (Fsp3) is 0.429. The molecule has 0 radical (unpaired) electrons. The van der Waals surface area contributed by atoms with Crippen LogP contribution in [-0.4, -0.2) is 17.1 Å². The molecule has 0 aliphatic heterocycles. The highest BCUT2D eigenvalue weighted by Crippen LogP contribution is 2.40. The Morgan fingerprint density at radius 2 is 1.80 bits per heavy atom. The van der Waals surface area contributed by atoms with Crippen LogP contribution in [0, 0.1) is 6.57 Å². The SMILES string of the molecule is [C-]#[N+]c1c(-c2ccc(C(C)(C)C)cc2)c(C(=O)OCC)n(C)c1CC. The van der Waals surface area contributed by atoms with E-state index < -0.39 is 0 Å². The minimum absolute atomic E-state index is 0.0520. The molecule has 25 heavy (non-hydrogen) atoms. The molecule has 0 atom stereocenters. The Hall–Kier alpha value is -2.54. The Bertz CT molecular complexity index is 816. The molecular weight excluding hydrogens is 312 g/mol. The molecule has 1 heterocycles. The maximum absolute atomic E-state index is 12.5. The number of ether oxygens (including phenoxy) is 1. The van der Waals surface area contributed by atoms with Crippen molar-refractivity contribution in [3.8, 4) is 11.1 Å². The van der Waals surface area contributed by atoms with Crippen molar-refractivity contribution in [3.05, 3.63) is 52.6 Å². The van der Waals surface area contributed by atoms with Gasteiger partial charge in [-0.05, 0) is 29.9 Å². The lowest BCUT2D eigenvalue weighted by Gasteiger charge is -2.19. The molecule has 1 aromatic heterocycles. The van der Waals surface area contributed by atoms with Crippen LogP contribution in [0.4, 0.5) is 5.69 Å². The van der Waals surface area contributed by atoms with Crippen molar-refractivity contribution >= 4 is 11.7 Å². The van der Waals surface area contributed by atoms with E-state index in [2.05, 4.69) is 37.7 Å². The summed E-state index contributed by atoms with van der Waals surface area (Å²) in [6.45, 7) is 18.2. The third-order valence-corrected chi connectivity index (χ3v) is 4.44. The van der Waals surface area contributed by atoms with Crippen LogP contribution >= 0.6 is 0 Å². The maximum atomic E-state index is 12.5. The van der Waals surface area contributed by atoms with Gasteiger partial charge in [0.1, 0.15) is 5.69 Å². The first kappa shape index (κ1) is 18.8. The van der Waals surface area contributed by atoms with Gasteiger partial charge in [0.25, 0.3) is 0 Å². The number of benzene rings is 1. The van der Waals surface area contributed by atoms with E-state index in [0.29, 0.717) is 30.0 Å². The van der Waals surface area contributed by atoms with E-state index in [1.807, 2.05) is 26.1 Å². The summed E-state index contributed by atoms with van der Waals surface area (Å²) < 4.78 is 7.05. The van der Waals surface area contributed by atoms with E-state index in [9.17, 15) is 4.79 Å². The number of aromatic nitrogens is 1. The summed E-state index contributed by atoms with van der Waals surface area (Å²) in [5, 5.41) is 0. The molecule has 4 heteroatoms. The molecule has 0 aliphatic carbocycles. The number of hydrogen-bond donors (Lipinski definition) is 0. The van der Waals surface area contributed by atoms with Gasteiger partial charge >= 0.3 is 5.97 Å². The molecule has 2 rings (SSSR count). The first-order chi connectivity index (χ1) is 11.8. The number of nitrogens with zero attached hydrogens (tertiary/aromatic N) is 2. The van der Waals surface area contributed by atoms with Crippen LogP contribution < -0.4 is 0 Å². The molecule has 0 aliphatic rings. The third kappa shape index (κ3) is 3.46. The topological polar surface area (TPSA) is 35.6 Å². The predicted molar refractivity (Wildman–Crippen MR) is 101 cm³/mol. The largest absolute Gasteiger partial charge is 0.461 e. The zero-order chi connectivity index (χ0) is 18.8. The van der Waals surface area contributed by atoms with Crippen molar-refractivity contribution in [1.29, 1.82) is 0 Å². The van der Waals surface area contributed by atoms with Gasteiger partial charge in [-0.3, -0.25) is 0 Å². The van der Waals surface area contributed by atoms with Gasteiger partial charge in [-0.1, -0.05) is 52.0 Å². The van der Waals surface area contributed by atoms with Gasteiger partial charge in [0.15, 0.2) is 0 Å². The van der Waals surface area contributed by atoms with Crippen LogP contribution in [0.3, 0.4) is 0 Å². The Balaban J connectivity index is 2.71. The molecule has 0 amide bonds. The van der Waals surface area contributed by atoms with Crippen molar-refractivity contribution < 1.29 is 9.53 Å². The molecule has 4 nitrogen and oxygen atoms in total. The molecule has 0 spiro atoms. The summed E-state index contributed by atoms with van der Waals surface area (Å²) in [7, 11) is 1.83. The van der Waals surface area contributed by atoms with Crippen LogP contribution in [0.15, 0.2) is 24.3 Å². The minimum Gasteiger partial charge on any atom is -0.461 e. The van der Waals surface area contributed by atoms with Gasteiger partial charge in [-0.15, -0.1) is 0 Å². The first-order valence-electron chi connectivity index (χ1n) is 8.63. The van der Waals surface area contributed by atoms with E-state index >= 15 is 0 Å². The second-order valence-electron chi connectivity index (χ2n) is 7.09. The zero-order valence-corrected chi connectivity index (χ0v) is 15.9. The van der Waals surface area contributed by atoms with Crippen molar-refractivity contribution in [3.63, 3.8) is 0 Å². The molecule has 0 saturated carbocycles. The van der Waals surface area contributed by atoms with Gasteiger partial charge in [0.05, 0.1) is 13.2 Å². The van der Waals surface area contributed by atoms with Gasteiger partial charge in [0, 0.05) is 18.3 Å². The fourth-order valence-corrected chi connectivity index (χ4v) is 3.09. The fourth-order valence-electron chi connectivity index (χ4n) is 3.09. The number of carbonyl (C=O) groups is 1. The van der Waals surface area contributed by atoms with Crippen molar-refractivity contribution in [2.24, 2.45) is 7.05 Å². The van der Waals surface area contributed by atoms with Gasteiger partial charge in [-0.25, -0.2) is 9.64 Å². The highest BCUT2D eigenvalue weighted by Gasteiger charge is 2.27. The highest BCUT2D eigenvalue weighted by atomic mass is 16.5. The number of carbonyl (C=O) groups excluding carboxylic acids is 1. The predicted octanol–water partition coefficient (Wildman–Crippen LogP) is 5.28. The Kier molecular flexibility index (Phi) is 5.37. The van der Waals surface area contributed by atoms with Crippen LogP contribution in [0.5, 0.6) is 0 Å². The lowest BCUT2D eigenvalue weighted by atomic mass is 9.86. The second kappa shape index (κ2) is 7.14. The second-order valence-corrected chi connectivity index (χ2v) is 7.09. The Morgan fingerprint density at radius 1 is 1.20 bits per heavy atom. The standard InChI is InChI=1S/C21H26N2O2/c1-8-16-18(22-6)17(19(23(16)7)20(24)25-9-2)14-10-12-15(13-11-14)21(3,4)5/h10-13H,8-9H2,1-5,7H3. The molecule has 0 saturated heterocycles. The van der Waals surface area contributed by atoms with E-state index in [4.69, 9.17) is 11.3 Å². The normalized spacial score (nSPS) is 11.2. The summed E-state index contributed by atoms with van der Waals surface area (Å²) in [5.74, 6) is -0.385. The summed E-state index contributed by atoms with van der Waals surface area (Å²) >= 11 is 0. The van der Waals surface area contributed by atoms with E-state index in [0.717, 1.165) is 11.3 Å². The average molecular weight is 338 g/mol. The molecule has 0 fully saturated rings. The van der Waals surface area contributed by atoms with Gasteiger partial charge < -0.3 is 9.30 Å². The van der Waals surface area contributed by atoms with Crippen LogP contribution in [0.25, 0.3) is 16.0 Å². The van der Waals surface area contributed by atoms with Gasteiger partial charge in [0.2, 0.25) is 5.69 Å². The van der Waals surface area contributed by atoms with Crippen molar-refractivity contribution in [2.45, 2.75) is 46.5 Å². The van der Waals surface area contributed by atoms with Crippen LogP contribution in [0.1, 0.15) is 56.4 Å². The molecule has 2 aromatic rings. The molecular formula is C21H26N2O2. The first-order valence-corrected chi connectivity index (χ1v) is 8.63. The van der Waals surface area contributed by atoms with E-state index in [-0.39, 0.29) is 11.4 Å². The van der Waals surface area contributed by atoms with Crippen LogP contribution in [0.2, 0.25) is 0 Å². The van der Waals surface area contributed by atoms with Crippen molar-refractivity contribution in [2.75, 3.05) is 6.61 Å². The van der Waals surface area contributed by atoms with E-state index in [1.54, 1.807) is 11.5 Å². The smallest absolute Gasteiger partial charge is 0.354 e. The van der Waals surface area contributed by atoms with Gasteiger partial charge in [-0.2, -0.15) is 0 Å². The van der Waals surface area contributed by atoms with E-state index in [1.165, 1.54) is 5.56 Å². The quantitative estimate of drug-likeness (QED) is 0.561. The Labute approximate surface area is 150 Å². The lowest BCUT2D eigenvalue weighted by molar-refractivity contribution is 0.0516. The highest BCUT2D eigenvalue weighted by molar-refractivity contribution is 6.01. The zero-order valence-electron chi connectivity index (χ0n) is 15.9. The average Bonchev–Trinajstić information content (AvgIpc) is 2.86. The van der Waals surface area contributed by atoms with Crippen LogP contribution in [-0.2, 0) is 23.6 Å². The summed E-state index contributed by atoms with van der Waals surface area (Å²) in [6.07, 6.45) is 0.681.